The number of nitrogens with zero attached hydrogens (tertiary/aromatic N) is 1. The van der Waals surface area contributed by atoms with E-state index in [0.717, 1.165) is 16.5 Å². The molecule has 2 aromatic rings. The number of aryl methyl sites for hydroxylation is 1. The number of esters is 2. The highest BCUT2D eigenvalue weighted by atomic mass is 16.6. The second-order valence-corrected chi connectivity index (χ2v) is 7.08. The number of carbonyl (C=O) groups is 2. The summed E-state index contributed by atoms with van der Waals surface area (Å²) in [5, 5.41) is 10.8. The van der Waals surface area contributed by atoms with E-state index < -0.39 is 18.2 Å². The van der Waals surface area contributed by atoms with Gasteiger partial charge < -0.3 is 19.1 Å². The summed E-state index contributed by atoms with van der Waals surface area (Å²) in [5.74, 6) is -1.16. The van der Waals surface area contributed by atoms with Crippen LogP contribution in [0.3, 0.4) is 0 Å². The minimum absolute atomic E-state index is 0.151. The first-order valence-electron chi connectivity index (χ1n) is 8.60. The van der Waals surface area contributed by atoms with Crippen LogP contribution >= 0.6 is 0 Å². The van der Waals surface area contributed by atoms with E-state index in [1.807, 2.05) is 42.1 Å². The Labute approximate surface area is 152 Å². The van der Waals surface area contributed by atoms with Crippen LogP contribution < -0.4 is 0 Å². The van der Waals surface area contributed by atoms with Gasteiger partial charge in [0.2, 0.25) is 0 Å². The lowest BCUT2D eigenvalue weighted by Gasteiger charge is -2.24. The van der Waals surface area contributed by atoms with Gasteiger partial charge in [-0.1, -0.05) is 19.9 Å². The van der Waals surface area contributed by atoms with Gasteiger partial charge in [0.1, 0.15) is 6.61 Å². The van der Waals surface area contributed by atoms with Gasteiger partial charge in [0.25, 0.3) is 0 Å². The Kier molecular flexibility index (Phi) is 4.87. The number of aromatic nitrogens is 1. The Morgan fingerprint density at radius 2 is 2.19 bits per heavy atom. The lowest BCUT2D eigenvalue weighted by Crippen LogP contribution is -2.39. The van der Waals surface area contributed by atoms with Crippen LogP contribution in [0.4, 0.5) is 0 Å². The summed E-state index contributed by atoms with van der Waals surface area (Å²) < 4.78 is 12.6. The lowest BCUT2D eigenvalue weighted by atomic mass is 9.97. The van der Waals surface area contributed by atoms with Crippen LogP contribution in [0.25, 0.3) is 17.0 Å². The highest BCUT2D eigenvalue weighted by Gasteiger charge is 2.44. The third-order valence-corrected chi connectivity index (χ3v) is 4.57. The molecule has 1 aromatic carbocycles. The Morgan fingerprint density at radius 1 is 1.42 bits per heavy atom. The fourth-order valence-electron chi connectivity index (χ4n) is 3.00. The summed E-state index contributed by atoms with van der Waals surface area (Å²) in [7, 11) is 1.98. The van der Waals surface area contributed by atoms with Gasteiger partial charge in [-0.05, 0) is 29.8 Å². The molecule has 1 unspecified atom stereocenters. The largest absolute Gasteiger partial charge is 0.461 e. The second-order valence-electron chi connectivity index (χ2n) is 7.08. The Bertz CT molecular complexity index is 879. The molecule has 3 rings (SSSR count). The Balaban J connectivity index is 1.80. The molecule has 0 amide bonds. The lowest BCUT2D eigenvalue weighted by molar-refractivity contribution is -0.168. The van der Waals surface area contributed by atoms with Crippen LogP contribution in [0.5, 0.6) is 0 Å². The third-order valence-electron chi connectivity index (χ3n) is 4.57. The maximum Gasteiger partial charge on any atom is 0.334 e. The zero-order valence-electron chi connectivity index (χ0n) is 15.2. The van der Waals surface area contributed by atoms with Crippen molar-refractivity contribution >= 4 is 28.9 Å². The summed E-state index contributed by atoms with van der Waals surface area (Å²) in [6.07, 6.45) is 3.93. The fourth-order valence-corrected chi connectivity index (χ4v) is 3.00. The summed E-state index contributed by atoms with van der Waals surface area (Å²) in [4.78, 5) is 23.9. The summed E-state index contributed by atoms with van der Waals surface area (Å²) >= 11 is 0. The second kappa shape index (κ2) is 6.96. The third kappa shape index (κ3) is 3.51. The van der Waals surface area contributed by atoms with E-state index in [1.54, 1.807) is 19.9 Å². The van der Waals surface area contributed by atoms with E-state index in [0.29, 0.717) is 5.57 Å². The maximum atomic E-state index is 12.3. The van der Waals surface area contributed by atoms with Crippen molar-refractivity contribution in [2.45, 2.75) is 25.9 Å². The minimum Gasteiger partial charge on any atom is -0.461 e. The molecule has 1 aliphatic rings. The van der Waals surface area contributed by atoms with Gasteiger partial charge in [0.15, 0.2) is 5.60 Å². The Morgan fingerprint density at radius 3 is 2.88 bits per heavy atom. The van der Waals surface area contributed by atoms with Gasteiger partial charge in [-0.25, -0.2) is 4.79 Å². The molecular formula is C20H23NO5. The SMILES string of the molecule is CC(C)C(=O)OCC1(CO)C/C(=C\c2ccc3c(ccn3C)c2)C(=O)O1. The molecule has 1 saturated heterocycles. The molecule has 1 N–H and O–H groups in total. The van der Waals surface area contributed by atoms with Gasteiger partial charge in [-0.2, -0.15) is 0 Å². The molecule has 6 nitrogen and oxygen atoms in total. The molecule has 2 heterocycles. The molecule has 1 fully saturated rings. The van der Waals surface area contributed by atoms with Crippen molar-refractivity contribution in [3.8, 4) is 0 Å². The van der Waals surface area contributed by atoms with Crippen LogP contribution in [0, 0.1) is 5.92 Å². The van der Waals surface area contributed by atoms with E-state index >= 15 is 0 Å². The van der Waals surface area contributed by atoms with E-state index in [2.05, 4.69) is 0 Å². The number of cyclic esters (lactones) is 1. The van der Waals surface area contributed by atoms with E-state index in [-0.39, 0.29) is 24.9 Å². The molecule has 26 heavy (non-hydrogen) atoms. The van der Waals surface area contributed by atoms with Gasteiger partial charge in [0, 0.05) is 36.1 Å². The maximum absolute atomic E-state index is 12.3. The van der Waals surface area contributed by atoms with Crippen molar-refractivity contribution < 1.29 is 24.2 Å². The first-order valence-corrected chi connectivity index (χ1v) is 8.60. The van der Waals surface area contributed by atoms with Crippen LogP contribution in [-0.2, 0) is 26.1 Å². The topological polar surface area (TPSA) is 77.8 Å². The van der Waals surface area contributed by atoms with Crippen LogP contribution in [0.1, 0.15) is 25.8 Å². The van der Waals surface area contributed by atoms with Crippen molar-refractivity contribution in [2.75, 3.05) is 13.2 Å². The van der Waals surface area contributed by atoms with E-state index in [9.17, 15) is 14.7 Å². The van der Waals surface area contributed by atoms with Gasteiger partial charge in [-0.3, -0.25) is 4.79 Å². The normalized spacial score (nSPS) is 21.6. The van der Waals surface area contributed by atoms with E-state index in [4.69, 9.17) is 9.47 Å². The number of ether oxygens (including phenoxy) is 2. The molecule has 0 radical (unpaired) electrons. The van der Waals surface area contributed by atoms with Crippen molar-refractivity contribution in [1.29, 1.82) is 0 Å². The molecular weight excluding hydrogens is 334 g/mol. The monoisotopic (exact) mass is 357 g/mol. The van der Waals surface area contributed by atoms with Crippen LogP contribution in [-0.4, -0.2) is 40.4 Å². The molecule has 0 spiro atoms. The van der Waals surface area contributed by atoms with Crippen molar-refractivity contribution in [1.82, 2.24) is 4.57 Å². The van der Waals surface area contributed by atoms with Gasteiger partial charge >= 0.3 is 11.9 Å². The number of rotatable bonds is 5. The fraction of sp³-hybridized carbons (Fsp3) is 0.400. The zero-order valence-corrected chi connectivity index (χ0v) is 15.2. The standard InChI is InChI=1S/C20H23NO5/c1-13(2)18(23)25-12-20(11-22)10-16(19(24)26-20)9-14-4-5-17-15(8-14)6-7-21(17)3/h4-9,13,22H,10-12H2,1-3H3/b16-9+. The van der Waals surface area contributed by atoms with E-state index in [1.165, 1.54) is 0 Å². The summed E-state index contributed by atoms with van der Waals surface area (Å²) in [6, 6.07) is 7.92. The van der Waals surface area contributed by atoms with Crippen LogP contribution in [0.2, 0.25) is 0 Å². The number of fused-ring (bicyclic) bond motifs is 1. The number of aliphatic hydroxyl groups excluding tert-OH is 1. The molecule has 0 saturated carbocycles. The van der Waals surface area contributed by atoms with Crippen molar-refractivity contribution in [3.05, 3.63) is 41.6 Å². The number of aliphatic hydroxyl groups is 1. The van der Waals surface area contributed by atoms with Crippen LogP contribution in [0.15, 0.2) is 36.0 Å². The number of carbonyl (C=O) groups excluding carboxylic acids is 2. The first-order chi connectivity index (χ1) is 12.3. The zero-order chi connectivity index (χ0) is 18.9. The molecule has 1 atom stereocenters. The van der Waals surface area contributed by atoms with Crippen molar-refractivity contribution in [2.24, 2.45) is 13.0 Å². The molecule has 1 aromatic heterocycles. The number of benzene rings is 1. The van der Waals surface area contributed by atoms with Gasteiger partial charge in [-0.15, -0.1) is 0 Å². The number of hydrogen-bond acceptors (Lipinski definition) is 5. The number of hydrogen-bond donors (Lipinski definition) is 1. The smallest absolute Gasteiger partial charge is 0.334 e. The first kappa shape index (κ1) is 18.2. The quantitative estimate of drug-likeness (QED) is 0.657. The highest BCUT2D eigenvalue weighted by molar-refractivity contribution is 5.97. The minimum atomic E-state index is -1.20. The molecule has 1 aliphatic heterocycles. The Hall–Kier alpha value is -2.60. The molecule has 6 heteroatoms. The molecule has 0 bridgehead atoms. The highest BCUT2D eigenvalue weighted by Crippen LogP contribution is 2.33. The molecule has 138 valence electrons. The summed E-state index contributed by atoms with van der Waals surface area (Å²) in [5.41, 5.74) is 1.23. The summed E-state index contributed by atoms with van der Waals surface area (Å²) in [6.45, 7) is 2.89. The molecule has 0 aliphatic carbocycles. The predicted octanol–water partition coefficient (Wildman–Crippen LogP) is 2.44. The average Bonchev–Trinajstić information content (AvgIpc) is 3.13. The van der Waals surface area contributed by atoms with Gasteiger partial charge in [0.05, 0.1) is 12.5 Å². The van der Waals surface area contributed by atoms with Crippen molar-refractivity contribution in [3.63, 3.8) is 0 Å². The predicted molar refractivity (Wildman–Crippen MR) is 97.2 cm³/mol. The average molecular weight is 357 g/mol.